The van der Waals surface area contributed by atoms with E-state index in [9.17, 15) is 14.4 Å². The zero-order valence-electron chi connectivity index (χ0n) is 13.9. The molecular formula is C16H27NO5. The summed E-state index contributed by atoms with van der Waals surface area (Å²) in [5, 5.41) is 11.6. The fraction of sp³-hybridized carbons (Fsp3) is 0.812. The van der Waals surface area contributed by atoms with E-state index in [0.29, 0.717) is 18.9 Å². The second-order valence-corrected chi connectivity index (χ2v) is 6.32. The second-order valence-electron chi connectivity index (χ2n) is 6.32. The molecule has 0 saturated heterocycles. The molecule has 1 amide bonds. The summed E-state index contributed by atoms with van der Waals surface area (Å²) in [5.41, 5.74) is -1.24. The lowest BCUT2D eigenvalue weighted by Crippen LogP contribution is -2.21. The highest BCUT2D eigenvalue weighted by atomic mass is 16.5. The number of carbonyl (C=O) groups excluding carboxylic acids is 3. The number of methoxy groups -OCH3 is 1. The number of hydrogen-bond donors (Lipinski definition) is 2. The molecule has 6 nitrogen and oxygen atoms in total. The van der Waals surface area contributed by atoms with Crippen LogP contribution >= 0.6 is 0 Å². The van der Waals surface area contributed by atoms with Gasteiger partial charge in [0.25, 0.3) is 0 Å². The Hall–Kier alpha value is -1.27. The van der Waals surface area contributed by atoms with Crippen molar-refractivity contribution < 1.29 is 24.2 Å². The Bertz CT molecular complexity index is 434. The van der Waals surface area contributed by atoms with Crippen LogP contribution in [0.1, 0.15) is 59.3 Å². The average Bonchev–Trinajstić information content (AvgIpc) is 3.26. The molecule has 0 bridgehead atoms. The Morgan fingerprint density at radius 3 is 1.55 bits per heavy atom. The first-order valence-corrected chi connectivity index (χ1v) is 7.72. The molecular weight excluding hydrogens is 286 g/mol. The van der Waals surface area contributed by atoms with Crippen LogP contribution in [0.25, 0.3) is 0 Å². The van der Waals surface area contributed by atoms with Gasteiger partial charge in [-0.3, -0.25) is 14.4 Å². The van der Waals surface area contributed by atoms with E-state index in [1.165, 1.54) is 19.8 Å². The predicted molar refractivity (Wildman–Crippen MR) is 81.4 cm³/mol. The van der Waals surface area contributed by atoms with Gasteiger partial charge in [0.1, 0.15) is 11.2 Å². The van der Waals surface area contributed by atoms with Gasteiger partial charge in [-0.1, -0.05) is 0 Å². The predicted octanol–water partition coefficient (Wildman–Crippen LogP) is 1.14. The van der Waals surface area contributed by atoms with Crippen molar-refractivity contribution in [2.45, 2.75) is 76.5 Å². The third-order valence-electron chi connectivity index (χ3n) is 4.10. The Kier molecular flexibility index (Phi) is 6.26. The molecule has 0 radical (unpaired) electrons. The van der Waals surface area contributed by atoms with E-state index in [-0.39, 0.29) is 23.1 Å². The molecule has 3 fully saturated rings. The first kappa shape index (κ1) is 18.8. The van der Waals surface area contributed by atoms with E-state index < -0.39 is 5.60 Å². The minimum Gasteiger partial charge on any atom is -0.382 e. The first-order valence-electron chi connectivity index (χ1n) is 7.72. The van der Waals surface area contributed by atoms with Gasteiger partial charge in [0, 0.05) is 20.1 Å². The number of Topliss-reactive ketones (excluding diaryl/α,β-unsaturated/α-hetero) is 2. The number of hydrogen-bond acceptors (Lipinski definition) is 5. The Labute approximate surface area is 131 Å². The zero-order chi connectivity index (χ0) is 17.0. The van der Waals surface area contributed by atoms with Crippen LogP contribution in [0.15, 0.2) is 0 Å². The minimum atomic E-state index is -0.889. The molecule has 126 valence electrons. The molecule has 0 atom stereocenters. The maximum atomic E-state index is 10.6. The number of carbonyl (C=O) groups is 3. The lowest BCUT2D eigenvalue weighted by molar-refractivity contribution is -0.129. The van der Waals surface area contributed by atoms with Crippen LogP contribution in [-0.4, -0.2) is 46.9 Å². The molecule has 0 aromatic heterocycles. The highest BCUT2D eigenvalue weighted by Gasteiger charge is 2.47. The van der Waals surface area contributed by atoms with E-state index in [1.54, 1.807) is 21.0 Å². The van der Waals surface area contributed by atoms with Crippen LogP contribution in [-0.2, 0) is 19.1 Å². The fourth-order valence-electron chi connectivity index (χ4n) is 1.80. The van der Waals surface area contributed by atoms with Crippen molar-refractivity contribution in [2.24, 2.45) is 0 Å². The highest BCUT2D eigenvalue weighted by Crippen LogP contribution is 2.39. The smallest absolute Gasteiger partial charge is 0.217 e. The summed E-state index contributed by atoms with van der Waals surface area (Å²) in [6.45, 7) is 4.56. The van der Waals surface area contributed by atoms with E-state index in [1.807, 2.05) is 0 Å². The second kappa shape index (κ2) is 7.33. The van der Waals surface area contributed by atoms with Crippen molar-refractivity contribution in [1.29, 1.82) is 0 Å². The summed E-state index contributed by atoms with van der Waals surface area (Å²) in [6, 6.07) is 0.525. The van der Waals surface area contributed by atoms with Crippen LogP contribution in [0, 0.1) is 0 Å². The molecule has 2 N–H and O–H groups in total. The topological polar surface area (TPSA) is 92.7 Å². The van der Waals surface area contributed by atoms with Crippen LogP contribution in [0.5, 0.6) is 0 Å². The monoisotopic (exact) mass is 313 g/mol. The largest absolute Gasteiger partial charge is 0.382 e. The van der Waals surface area contributed by atoms with Crippen molar-refractivity contribution >= 4 is 17.5 Å². The molecule has 0 unspecified atom stereocenters. The van der Waals surface area contributed by atoms with Crippen molar-refractivity contribution in [1.82, 2.24) is 5.32 Å². The van der Waals surface area contributed by atoms with Gasteiger partial charge >= 0.3 is 0 Å². The van der Waals surface area contributed by atoms with Gasteiger partial charge in [0.05, 0.1) is 0 Å². The average molecular weight is 313 g/mol. The molecule has 3 saturated carbocycles. The third-order valence-corrected chi connectivity index (χ3v) is 4.10. The maximum Gasteiger partial charge on any atom is 0.217 e. The SMILES string of the molecule is CC(=O)C1(O)CC1.CC(=O)NC1CC1.COC1(C(C)=O)CC1. The van der Waals surface area contributed by atoms with Crippen LogP contribution in [0.4, 0.5) is 0 Å². The third kappa shape index (κ3) is 6.23. The van der Waals surface area contributed by atoms with Gasteiger partial charge in [-0.05, 0) is 52.4 Å². The van der Waals surface area contributed by atoms with Crippen molar-refractivity contribution in [3.8, 4) is 0 Å². The summed E-state index contributed by atoms with van der Waals surface area (Å²) < 4.78 is 4.96. The Balaban J connectivity index is 0.000000166. The Morgan fingerprint density at radius 2 is 1.50 bits per heavy atom. The maximum absolute atomic E-state index is 10.6. The zero-order valence-corrected chi connectivity index (χ0v) is 13.9. The van der Waals surface area contributed by atoms with Gasteiger partial charge in [-0.25, -0.2) is 0 Å². The lowest BCUT2D eigenvalue weighted by Gasteiger charge is -2.05. The first-order chi connectivity index (χ1) is 10.1. The molecule has 6 heteroatoms. The molecule has 3 aliphatic rings. The standard InChI is InChI=1S/C6H10O2.C5H9NO.C5H8O2/c1-5(7)6(8-2)3-4-6;1-4(7)6-5-2-3-5;1-4(6)5(7)2-3-5/h3-4H2,1-2H3;5H,2-3H2,1H3,(H,6,7);7H,2-3H2,1H3. The van der Waals surface area contributed by atoms with Crippen LogP contribution in [0.3, 0.4) is 0 Å². The van der Waals surface area contributed by atoms with E-state index in [4.69, 9.17) is 9.84 Å². The van der Waals surface area contributed by atoms with Crippen LogP contribution in [0.2, 0.25) is 0 Å². The minimum absolute atomic E-state index is 0.0903. The van der Waals surface area contributed by atoms with Crippen molar-refractivity contribution in [3.05, 3.63) is 0 Å². The van der Waals surface area contributed by atoms with Gasteiger partial charge < -0.3 is 15.2 Å². The van der Waals surface area contributed by atoms with Crippen molar-refractivity contribution in [2.75, 3.05) is 7.11 Å². The molecule has 0 aromatic carbocycles. The van der Waals surface area contributed by atoms with Crippen LogP contribution < -0.4 is 5.32 Å². The number of nitrogens with one attached hydrogen (secondary N) is 1. The fourth-order valence-corrected chi connectivity index (χ4v) is 1.80. The molecule has 0 aliphatic heterocycles. The molecule has 0 spiro atoms. The van der Waals surface area contributed by atoms with E-state index in [2.05, 4.69) is 5.32 Å². The number of rotatable bonds is 4. The Morgan fingerprint density at radius 1 is 1.00 bits per heavy atom. The molecule has 3 rings (SSSR count). The molecule has 22 heavy (non-hydrogen) atoms. The number of ketones is 2. The van der Waals surface area contributed by atoms with Crippen molar-refractivity contribution in [3.63, 3.8) is 0 Å². The summed E-state index contributed by atoms with van der Waals surface area (Å²) in [4.78, 5) is 31.1. The van der Waals surface area contributed by atoms with Gasteiger partial charge in [0.2, 0.25) is 5.91 Å². The van der Waals surface area contributed by atoms with E-state index >= 15 is 0 Å². The van der Waals surface area contributed by atoms with Gasteiger partial charge in [-0.15, -0.1) is 0 Å². The van der Waals surface area contributed by atoms with E-state index in [0.717, 1.165) is 12.8 Å². The van der Waals surface area contributed by atoms with Gasteiger partial charge in [0.15, 0.2) is 11.6 Å². The van der Waals surface area contributed by atoms with Gasteiger partial charge in [-0.2, -0.15) is 0 Å². The number of aliphatic hydroxyl groups is 1. The molecule has 0 heterocycles. The summed E-state index contributed by atoms with van der Waals surface area (Å²) in [7, 11) is 1.59. The quantitative estimate of drug-likeness (QED) is 0.812. The normalized spacial score (nSPS) is 22.0. The molecule has 3 aliphatic carbocycles. The highest BCUT2D eigenvalue weighted by molar-refractivity contribution is 5.88. The summed E-state index contributed by atoms with van der Waals surface area (Å²) in [6.07, 6.45) is 5.53. The number of amides is 1. The summed E-state index contributed by atoms with van der Waals surface area (Å²) in [5.74, 6) is 0.176. The lowest BCUT2D eigenvalue weighted by atomic mass is 10.2. The number of ether oxygens (including phenoxy) is 1. The molecule has 0 aromatic rings. The summed E-state index contributed by atoms with van der Waals surface area (Å²) >= 11 is 0.